The molecule has 0 aliphatic heterocycles. The van der Waals surface area contributed by atoms with Crippen LogP contribution in [0, 0.1) is 17.5 Å². The number of benzene rings is 5. The Morgan fingerprint density at radius 2 is 1.09 bits per heavy atom. The van der Waals surface area contributed by atoms with Gasteiger partial charge in [0.1, 0.15) is 29.0 Å². The quantitative estimate of drug-likeness (QED) is 0.264. The maximum Gasteiger partial charge on any atom is 0.137 e. The lowest BCUT2D eigenvalue weighted by molar-refractivity contribution is 0.407. The molecular weight excluding hydrogens is 425 g/mol. The summed E-state index contributed by atoms with van der Waals surface area (Å²) in [5.41, 5.74) is 1.50. The molecule has 5 aromatic carbocycles. The van der Waals surface area contributed by atoms with Crippen molar-refractivity contribution in [3.63, 3.8) is 0 Å². The molecule has 0 saturated heterocycles. The number of fused-ring (bicyclic) bond motifs is 2. The molecule has 0 N–H and O–H groups in total. The molecule has 5 heteroatoms. The largest absolute Gasteiger partial charge is 0.497 e. The van der Waals surface area contributed by atoms with Crippen molar-refractivity contribution in [3.05, 3.63) is 96.3 Å². The zero-order valence-electron chi connectivity index (χ0n) is 18.0. The lowest BCUT2D eigenvalue weighted by Crippen LogP contribution is -1.98. The van der Waals surface area contributed by atoms with Crippen LogP contribution in [0.25, 0.3) is 43.8 Å². The highest BCUT2D eigenvalue weighted by Gasteiger charge is 2.23. The number of hydrogen-bond acceptors (Lipinski definition) is 2. The van der Waals surface area contributed by atoms with Gasteiger partial charge in [-0.25, -0.2) is 13.2 Å². The summed E-state index contributed by atoms with van der Waals surface area (Å²) in [6.45, 7) is 0. The molecule has 0 heterocycles. The normalized spacial score (nSPS) is 11.2. The molecule has 0 aromatic heterocycles. The van der Waals surface area contributed by atoms with Gasteiger partial charge < -0.3 is 9.47 Å². The van der Waals surface area contributed by atoms with Gasteiger partial charge in [0.25, 0.3) is 0 Å². The summed E-state index contributed by atoms with van der Waals surface area (Å²) < 4.78 is 56.1. The van der Waals surface area contributed by atoms with Crippen LogP contribution in [-0.2, 0) is 0 Å². The van der Waals surface area contributed by atoms with Crippen LogP contribution in [-0.4, -0.2) is 14.2 Å². The summed E-state index contributed by atoms with van der Waals surface area (Å²) in [4.78, 5) is 0. The van der Waals surface area contributed by atoms with Crippen molar-refractivity contribution >= 4 is 21.5 Å². The first-order chi connectivity index (χ1) is 16.0. The number of methoxy groups -OCH3 is 2. The van der Waals surface area contributed by atoms with Gasteiger partial charge in [-0.2, -0.15) is 0 Å². The lowest BCUT2D eigenvalue weighted by atomic mass is 9.85. The van der Waals surface area contributed by atoms with Crippen LogP contribution < -0.4 is 9.47 Å². The van der Waals surface area contributed by atoms with Gasteiger partial charge in [0, 0.05) is 23.1 Å². The molecule has 0 bridgehead atoms. The predicted molar refractivity (Wildman–Crippen MR) is 125 cm³/mol. The van der Waals surface area contributed by atoms with Gasteiger partial charge in [-0.05, 0) is 45.5 Å². The van der Waals surface area contributed by atoms with Crippen molar-refractivity contribution in [1.29, 1.82) is 0 Å². The Morgan fingerprint density at radius 3 is 1.70 bits per heavy atom. The SMILES string of the molecule is COc1ccc(-c2c3ccccc3c(-c3c(F)cc(OC)cc3F)c3c(F)cccc23)cc1. The highest BCUT2D eigenvalue weighted by molar-refractivity contribution is 6.21. The van der Waals surface area contributed by atoms with E-state index in [-0.39, 0.29) is 22.3 Å². The summed E-state index contributed by atoms with van der Waals surface area (Å²) in [7, 11) is 2.92. The van der Waals surface area contributed by atoms with Crippen LogP contribution >= 0.6 is 0 Å². The van der Waals surface area contributed by atoms with Crippen molar-refractivity contribution in [2.24, 2.45) is 0 Å². The fraction of sp³-hybridized carbons (Fsp3) is 0.0714. The van der Waals surface area contributed by atoms with Crippen molar-refractivity contribution in [2.45, 2.75) is 0 Å². The van der Waals surface area contributed by atoms with Gasteiger partial charge in [0.15, 0.2) is 0 Å². The fourth-order valence-corrected chi connectivity index (χ4v) is 4.42. The summed E-state index contributed by atoms with van der Waals surface area (Å²) in [6, 6.07) is 21.6. The van der Waals surface area contributed by atoms with E-state index in [1.54, 1.807) is 31.4 Å². The Labute approximate surface area is 188 Å². The van der Waals surface area contributed by atoms with E-state index in [9.17, 15) is 0 Å². The molecule has 0 unspecified atom stereocenters. The van der Waals surface area contributed by atoms with Crippen molar-refractivity contribution < 1.29 is 22.6 Å². The van der Waals surface area contributed by atoms with Crippen molar-refractivity contribution in [1.82, 2.24) is 0 Å². The van der Waals surface area contributed by atoms with Gasteiger partial charge in [0.05, 0.1) is 19.8 Å². The van der Waals surface area contributed by atoms with E-state index in [0.29, 0.717) is 16.5 Å². The molecule has 0 amide bonds. The Bertz CT molecular complexity index is 1490. The van der Waals surface area contributed by atoms with Gasteiger partial charge in [-0.1, -0.05) is 48.5 Å². The number of ether oxygens (including phenoxy) is 2. The Hall–Kier alpha value is -3.99. The molecule has 0 atom stereocenters. The highest BCUT2D eigenvalue weighted by Crippen LogP contribution is 2.46. The molecule has 5 aromatic rings. The maximum atomic E-state index is 15.4. The van der Waals surface area contributed by atoms with Crippen molar-refractivity contribution in [2.75, 3.05) is 14.2 Å². The number of halogens is 3. The van der Waals surface area contributed by atoms with E-state index in [2.05, 4.69) is 0 Å². The van der Waals surface area contributed by atoms with Crippen LogP contribution in [0.1, 0.15) is 0 Å². The molecule has 0 aliphatic carbocycles. The number of rotatable bonds is 4. The minimum Gasteiger partial charge on any atom is -0.497 e. The van der Waals surface area contributed by atoms with Crippen LogP contribution in [0.2, 0.25) is 0 Å². The predicted octanol–water partition coefficient (Wildman–Crippen LogP) is 7.76. The van der Waals surface area contributed by atoms with Gasteiger partial charge in [-0.15, -0.1) is 0 Å². The summed E-state index contributed by atoms with van der Waals surface area (Å²) >= 11 is 0. The second-order valence-corrected chi connectivity index (χ2v) is 7.65. The fourth-order valence-electron chi connectivity index (χ4n) is 4.42. The topological polar surface area (TPSA) is 18.5 Å². The van der Waals surface area contributed by atoms with E-state index >= 15 is 13.2 Å². The highest BCUT2D eigenvalue weighted by atomic mass is 19.1. The Balaban J connectivity index is 1.97. The zero-order chi connectivity index (χ0) is 23.1. The molecule has 2 nitrogen and oxygen atoms in total. The first-order valence-corrected chi connectivity index (χ1v) is 10.3. The van der Waals surface area contributed by atoms with E-state index in [1.165, 1.54) is 13.2 Å². The van der Waals surface area contributed by atoms with E-state index in [0.717, 1.165) is 28.6 Å². The monoisotopic (exact) mass is 444 g/mol. The molecule has 164 valence electrons. The first kappa shape index (κ1) is 20.9. The molecule has 33 heavy (non-hydrogen) atoms. The van der Waals surface area contributed by atoms with E-state index in [4.69, 9.17) is 9.47 Å². The van der Waals surface area contributed by atoms with Gasteiger partial charge in [0.2, 0.25) is 0 Å². The van der Waals surface area contributed by atoms with Crippen LogP contribution in [0.5, 0.6) is 11.5 Å². The van der Waals surface area contributed by atoms with Crippen LogP contribution in [0.4, 0.5) is 13.2 Å². The lowest BCUT2D eigenvalue weighted by Gasteiger charge is -2.19. The second-order valence-electron chi connectivity index (χ2n) is 7.65. The summed E-state index contributed by atoms with van der Waals surface area (Å²) in [5.74, 6) is -1.45. The smallest absolute Gasteiger partial charge is 0.137 e. The molecule has 0 spiro atoms. The summed E-state index contributed by atoms with van der Waals surface area (Å²) in [6.07, 6.45) is 0. The number of hydrogen-bond donors (Lipinski definition) is 0. The van der Waals surface area contributed by atoms with E-state index < -0.39 is 17.5 Å². The molecular formula is C28H19F3O2. The Kier molecular flexibility index (Phi) is 5.17. The first-order valence-electron chi connectivity index (χ1n) is 10.3. The van der Waals surface area contributed by atoms with E-state index in [1.807, 2.05) is 36.4 Å². The zero-order valence-corrected chi connectivity index (χ0v) is 18.0. The average molecular weight is 444 g/mol. The molecule has 0 saturated carbocycles. The standard InChI is InChI=1S/C28H19F3O2/c1-32-17-12-10-16(11-13-17)25-19-6-3-4-7-20(19)27(26-21(25)8-5-9-22(26)29)28-23(30)14-18(33-2)15-24(28)31/h3-15H,1-2H3. The van der Waals surface area contributed by atoms with Crippen molar-refractivity contribution in [3.8, 4) is 33.8 Å². The minimum absolute atomic E-state index is 0.0534. The van der Waals surface area contributed by atoms with Crippen LogP contribution in [0.3, 0.4) is 0 Å². The van der Waals surface area contributed by atoms with Crippen LogP contribution in [0.15, 0.2) is 78.9 Å². The Morgan fingerprint density at radius 1 is 0.515 bits per heavy atom. The maximum absolute atomic E-state index is 15.4. The molecule has 0 aliphatic rings. The summed E-state index contributed by atoms with van der Waals surface area (Å²) in [5, 5.41) is 2.02. The third-order valence-corrected chi connectivity index (χ3v) is 5.88. The molecule has 0 fully saturated rings. The molecule has 0 radical (unpaired) electrons. The minimum atomic E-state index is -0.821. The van der Waals surface area contributed by atoms with Gasteiger partial charge in [-0.3, -0.25) is 0 Å². The van der Waals surface area contributed by atoms with Gasteiger partial charge >= 0.3 is 0 Å². The molecule has 5 rings (SSSR count). The third kappa shape index (κ3) is 3.37. The third-order valence-electron chi connectivity index (χ3n) is 5.88. The average Bonchev–Trinajstić information content (AvgIpc) is 2.83. The second kappa shape index (κ2) is 8.17.